The Morgan fingerprint density at radius 1 is 1.14 bits per heavy atom. The van der Waals surface area contributed by atoms with E-state index < -0.39 is 34.2 Å². The molecule has 2 aliphatic rings. The quantitative estimate of drug-likeness (QED) is 0.603. The Morgan fingerprint density at radius 3 is 2.34 bits per heavy atom. The first kappa shape index (κ1) is 25.1. The highest BCUT2D eigenvalue weighted by atomic mass is 35.5. The lowest BCUT2D eigenvalue weighted by Gasteiger charge is -2.40. The van der Waals surface area contributed by atoms with Crippen LogP contribution in [-0.4, -0.2) is 40.5 Å². The molecule has 0 spiro atoms. The van der Waals surface area contributed by atoms with Crippen molar-refractivity contribution in [1.29, 1.82) is 0 Å². The van der Waals surface area contributed by atoms with Crippen molar-refractivity contribution >= 4 is 29.2 Å². The van der Waals surface area contributed by atoms with E-state index in [0.29, 0.717) is 18.4 Å². The molecule has 11 heteroatoms. The van der Waals surface area contributed by atoms with E-state index in [4.69, 9.17) is 22.1 Å². The van der Waals surface area contributed by atoms with Crippen molar-refractivity contribution in [2.24, 2.45) is 5.73 Å². The molecular formula is C24H26ClF3N4O3. The molecule has 1 aromatic carbocycles. The lowest BCUT2D eigenvalue weighted by Crippen LogP contribution is -2.55. The molecule has 3 atom stereocenters. The molecule has 2 aromatic rings. The highest BCUT2D eigenvalue weighted by molar-refractivity contribution is 6.31. The predicted molar refractivity (Wildman–Crippen MR) is 124 cm³/mol. The number of amides is 2. The Balaban J connectivity index is 1.40. The van der Waals surface area contributed by atoms with Crippen LogP contribution in [0.4, 0.5) is 19.0 Å². The third-order valence-electron chi connectivity index (χ3n) is 6.53. The van der Waals surface area contributed by atoms with Gasteiger partial charge in [0.15, 0.2) is 5.60 Å². The van der Waals surface area contributed by atoms with Crippen LogP contribution >= 0.6 is 11.6 Å². The molecule has 0 radical (unpaired) electrons. The molecule has 0 saturated carbocycles. The summed E-state index contributed by atoms with van der Waals surface area (Å²) >= 11 is 5.67. The lowest BCUT2D eigenvalue weighted by molar-refractivity contribution is -0.137. The van der Waals surface area contributed by atoms with E-state index in [9.17, 15) is 22.8 Å². The number of piperidine rings is 1. The number of aromatic nitrogens is 1. The summed E-state index contributed by atoms with van der Waals surface area (Å²) in [6.45, 7) is 3.02. The zero-order chi connectivity index (χ0) is 25.5. The number of alkyl halides is 3. The predicted octanol–water partition coefficient (Wildman–Crippen LogP) is 4.33. The number of fused-ring (bicyclic) bond motifs is 2. The SMILES string of the molecule is CC(C)(Oc1ccc(Cl)c(C(F)(F)F)c1)C(=O)N[C@H]1C[C@H]2CC[C@@H](C1)N2c1ccc(C(N)=O)cn1. The van der Waals surface area contributed by atoms with Crippen molar-refractivity contribution in [3.63, 3.8) is 0 Å². The molecule has 0 aliphatic carbocycles. The van der Waals surface area contributed by atoms with Crippen LogP contribution in [0.5, 0.6) is 5.75 Å². The van der Waals surface area contributed by atoms with Gasteiger partial charge in [-0.3, -0.25) is 9.59 Å². The molecule has 2 aliphatic heterocycles. The maximum atomic E-state index is 13.2. The Hall–Kier alpha value is -3.01. The summed E-state index contributed by atoms with van der Waals surface area (Å²) in [6.07, 6.45) is 0.104. The summed E-state index contributed by atoms with van der Waals surface area (Å²) in [6, 6.07) is 6.86. The maximum absolute atomic E-state index is 13.2. The van der Waals surface area contributed by atoms with Gasteiger partial charge in [0.1, 0.15) is 11.6 Å². The van der Waals surface area contributed by atoms with Crippen LogP contribution < -0.4 is 20.7 Å². The summed E-state index contributed by atoms with van der Waals surface area (Å²) in [7, 11) is 0. The molecule has 4 rings (SSSR count). The van der Waals surface area contributed by atoms with E-state index in [2.05, 4.69) is 15.2 Å². The van der Waals surface area contributed by atoms with Crippen molar-refractivity contribution in [1.82, 2.24) is 10.3 Å². The fraction of sp³-hybridized carbons (Fsp3) is 0.458. The van der Waals surface area contributed by atoms with E-state index >= 15 is 0 Å². The summed E-state index contributed by atoms with van der Waals surface area (Å²) < 4.78 is 45.2. The van der Waals surface area contributed by atoms with Gasteiger partial charge in [0.2, 0.25) is 5.91 Å². The van der Waals surface area contributed by atoms with E-state index in [0.717, 1.165) is 30.8 Å². The second-order valence-corrected chi connectivity index (χ2v) is 9.86. The first-order chi connectivity index (χ1) is 16.3. The van der Waals surface area contributed by atoms with E-state index in [-0.39, 0.29) is 23.9 Å². The van der Waals surface area contributed by atoms with Crippen LogP contribution in [-0.2, 0) is 11.0 Å². The number of benzene rings is 1. The number of pyridine rings is 1. The molecule has 2 fully saturated rings. The van der Waals surface area contributed by atoms with E-state index in [1.807, 2.05) is 0 Å². The van der Waals surface area contributed by atoms with Gasteiger partial charge in [-0.15, -0.1) is 0 Å². The topological polar surface area (TPSA) is 97.5 Å². The molecular weight excluding hydrogens is 485 g/mol. The Labute approximate surface area is 205 Å². The van der Waals surface area contributed by atoms with Gasteiger partial charge in [0, 0.05) is 24.3 Å². The smallest absolute Gasteiger partial charge is 0.417 e. The first-order valence-corrected chi connectivity index (χ1v) is 11.6. The van der Waals surface area contributed by atoms with Gasteiger partial charge in [-0.25, -0.2) is 4.98 Å². The molecule has 2 saturated heterocycles. The fourth-order valence-electron chi connectivity index (χ4n) is 4.84. The summed E-state index contributed by atoms with van der Waals surface area (Å²) in [5.74, 6) is -0.282. The summed E-state index contributed by atoms with van der Waals surface area (Å²) in [5, 5.41) is 2.58. The monoisotopic (exact) mass is 510 g/mol. The van der Waals surface area contributed by atoms with Gasteiger partial charge in [-0.05, 0) is 69.9 Å². The minimum absolute atomic E-state index is 0.0951. The van der Waals surface area contributed by atoms with Crippen molar-refractivity contribution in [3.05, 3.63) is 52.7 Å². The number of carbonyl (C=O) groups is 2. The Kier molecular flexibility index (Phi) is 6.61. The van der Waals surface area contributed by atoms with Gasteiger partial charge in [-0.2, -0.15) is 13.2 Å². The van der Waals surface area contributed by atoms with Crippen LogP contribution in [0.3, 0.4) is 0 Å². The minimum atomic E-state index is -4.63. The second-order valence-electron chi connectivity index (χ2n) is 9.46. The lowest BCUT2D eigenvalue weighted by atomic mass is 9.96. The normalized spacial score (nSPS) is 22.1. The summed E-state index contributed by atoms with van der Waals surface area (Å²) in [4.78, 5) is 30.9. The third-order valence-corrected chi connectivity index (χ3v) is 6.86. The first-order valence-electron chi connectivity index (χ1n) is 11.3. The molecule has 7 nitrogen and oxygen atoms in total. The van der Waals surface area contributed by atoms with Crippen molar-refractivity contribution in [2.45, 2.75) is 69.4 Å². The number of anilines is 1. The molecule has 2 bridgehead atoms. The van der Waals surface area contributed by atoms with Crippen LogP contribution in [0.15, 0.2) is 36.5 Å². The molecule has 188 valence electrons. The number of ether oxygens (including phenoxy) is 1. The molecule has 35 heavy (non-hydrogen) atoms. The zero-order valence-corrected chi connectivity index (χ0v) is 20.0. The van der Waals surface area contributed by atoms with Crippen molar-refractivity contribution in [2.75, 3.05) is 4.90 Å². The third kappa shape index (κ3) is 5.32. The number of nitrogens with two attached hydrogens (primary N) is 1. The van der Waals surface area contributed by atoms with Gasteiger partial charge in [0.25, 0.3) is 5.91 Å². The Morgan fingerprint density at radius 2 is 1.80 bits per heavy atom. The summed E-state index contributed by atoms with van der Waals surface area (Å²) in [5.41, 5.74) is 3.21. The standard InChI is InChI=1S/C24H26ClF3N4O3/c1-23(2,35-17-6-7-19(25)18(11-17)24(26,27)28)22(34)31-14-9-15-4-5-16(10-14)32(15)20-8-3-13(12-30-20)21(29)33/h3,6-8,11-12,14-16H,4-5,9-10H2,1-2H3,(H2,29,33)(H,31,34)/t14-,15+,16-. The van der Waals surface area contributed by atoms with Gasteiger partial charge >= 0.3 is 6.18 Å². The van der Waals surface area contributed by atoms with Crippen molar-refractivity contribution < 1.29 is 27.5 Å². The number of carbonyl (C=O) groups excluding carboxylic acids is 2. The zero-order valence-electron chi connectivity index (χ0n) is 19.2. The number of nitrogens with one attached hydrogen (secondary N) is 1. The number of halogens is 4. The van der Waals surface area contributed by atoms with Crippen molar-refractivity contribution in [3.8, 4) is 5.75 Å². The maximum Gasteiger partial charge on any atom is 0.417 e. The van der Waals surface area contributed by atoms with Gasteiger partial charge in [0.05, 0.1) is 16.1 Å². The highest BCUT2D eigenvalue weighted by Crippen LogP contribution is 2.39. The molecule has 3 heterocycles. The van der Waals surface area contributed by atoms with Gasteiger partial charge in [-0.1, -0.05) is 11.6 Å². The second kappa shape index (κ2) is 9.22. The van der Waals surface area contributed by atoms with E-state index in [1.54, 1.807) is 12.1 Å². The molecule has 1 aromatic heterocycles. The fourth-order valence-corrected chi connectivity index (χ4v) is 5.06. The van der Waals surface area contributed by atoms with E-state index in [1.165, 1.54) is 26.1 Å². The largest absolute Gasteiger partial charge is 0.478 e. The average molecular weight is 511 g/mol. The van der Waals surface area contributed by atoms with Gasteiger partial charge < -0.3 is 20.7 Å². The number of rotatable bonds is 6. The number of hydrogen-bond donors (Lipinski definition) is 2. The highest BCUT2D eigenvalue weighted by Gasteiger charge is 2.43. The van der Waals surface area contributed by atoms with Crippen LogP contribution in [0, 0.1) is 0 Å². The number of nitrogens with zero attached hydrogens (tertiary/aromatic N) is 2. The minimum Gasteiger partial charge on any atom is -0.478 e. The molecule has 0 unspecified atom stereocenters. The molecule has 3 N–H and O–H groups in total. The van der Waals surface area contributed by atoms with Crippen LogP contribution in [0.2, 0.25) is 5.02 Å². The molecule has 2 amide bonds. The van der Waals surface area contributed by atoms with Crippen LogP contribution in [0.25, 0.3) is 0 Å². The number of primary amides is 1. The van der Waals surface area contributed by atoms with Crippen LogP contribution in [0.1, 0.15) is 55.5 Å². The number of hydrogen-bond acceptors (Lipinski definition) is 5. The Bertz CT molecular complexity index is 1110. The average Bonchev–Trinajstić information content (AvgIpc) is 3.04.